The lowest BCUT2D eigenvalue weighted by atomic mass is 10.3. The van der Waals surface area contributed by atoms with Crippen LogP contribution in [0.5, 0.6) is 0 Å². The Morgan fingerprint density at radius 2 is 1.67 bits per heavy atom. The molecule has 0 aromatic heterocycles. The van der Waals surface area contributed by atoms with Crippen molar-refractivity contribution in [3.8, 4) is 0 Å². The number of benzene rings is 2. The maximum atomic E-state index is 12.2. The van der Waals surface area contributed by atoms with Gasteiger partial charge in [0.15, 0.2) is 0 Å². The molecule has 0 aliphatic rings. The van der Waals surface area contributed by atoms with Crippen LogP contribution in [0.25, 0.3) is 0 Å². The molecular weight excluding hydrogens is 272 g/mol. The molecular formula is C12H11ClN2O2S. The van der Waals surface area contributed by atoms with Crippen LogP contribution in [0.3, 0.4) is 0 Å². The summed E-state index contributed by atoms with van der Waals surface area (Å²) in [6.45, 7) is 0. The second kappa shape index (κ2) is 4.97. The second-order valence-electron chi connectivity index (χ2n) is 3.59. The molecule has 0 amide bonds. The van der Waals surface area contributed by atoms with E-state index in [-0.39, 0.29) is 4.90 Å². The Kier molecular flexibility index (Phi) is 3.56. The molecule has 2 aromatic carbocycles. The summed E-state index contributed by atoms with van der Waals surface area (Å²) in [5.41, 5.74) is 0.311. The zero-order chi connectivity index (χ0) is 13.2. The summed E-state index contributed by atoms with van der Waals surface area (Å²) in [6, 6.07) is 14.3. The van der Waals surface area contributed by atoms with Gasteiger partial charge in [0.25, 0.3) is 10.0 Å². The first-order chi connectivity index (χ1) is 8.51. The van der Waals surface area contributed by atoms with Crippen molar-refractivity contribution in [3.63, 3.8) is 0 Å². The SMILES string of the molecule is NN(c1cccc(Cl)c1)S(=O)(=O)c1ccccc1. The molecule has 0 fully saturated rings. The van der Waals surface area contributed by atoms with Gasteiger partial charge in [0.05, 0.1) is 10.6 Å². The first-order valence-corrected chi connectivity index (χ1v) is 6.94. The van der Waals surface area contributed by atoms with E-state index in [9.17, 15) is 8.42 Å². The third-order valence-corrected chi connectivity index (χ3v) is 4.19. The van der Waals surface area contributed by atoms with Crippen molar-refractivity contribution < 1.29 is 8.42 Å². The van der Waals surface area contributed by atoms with E-state index in [2.05, 4.69) is 0 Å². The molecule has 0 atom stereocenters. The zero-order valence-electron chi connectivity index (χ0n) is 9.32. The summed E-state index contributed by atoms with van der Waals surface area (Å²) in [5.74, 6) is 5.66. The smallest absolute Gasteiger partial charge is 0.233 e. The Hall–Kier alpha value is -1.56. The molecule has 0 aliphatic heterocycles. The summed E-state index contributed by atoms with van der Waals surface area (Å²) >= 11 is 5.81. The largest absolute Gasteiger partial charge is 0.277 e. The Morgan fingerprint density at radius 1 is 1.00 bits per heavy atom. The fraction of sp³-hybridized carbons (Fsp3) is 0. The van der Waals surface area contributed by atoms with Crippen molar-refractivity contribution >= 4 is 27.3 Å². The standard InChI is InChI=1S/C12H11ClN2O2S/c13-10-5-4-6-11(9-10)15(14)18(16,17)12-7-2-1-3-8-12/h1-9H,14H2. The first-order valence-electron chi connectivity index (χ1n) is 5.12. The van der Waals surface area contributed by atoms with Crippen molar-refractivity contribution in [2.45, 2.75) is 4.90 Å². The molecule has 2 aromatic rings. The maximum absolute atomic E-state index is 12.2. The highest BCUT2D eigenvalue weighted by molar-refractivity contribution is 7.92. The number of nitrogens with zero attached hydrogens (tertiary/aromatic N) is 1. The number of hydrogen-bond donors (Lipinski definition) is 1. The molecule has 0 saturated carbocycles. The topological polar surface area (TPSA) is 63.4 Å². The number of anilines is 1. The quantitative estimate of drug-likeness (QED) is 0.694. The summed E-state index contributed by atoms with van der Waals surface area (Å²) in [4.78, 5) is 0.132. The van der Waals surface area contributed by atoms with Crippen molar-refractivity contribution in [2.24, 2.45) is 5.84 Å². The molecule has 18 heavy (non-hydrogen) atoms. The molecule has 0 bridgehead atoms. The van der Waals surface area contributed by atoms with E-state index in [4.69, 9.17) is 17.4 Å². The molecule has 2 N–H and O–H groups in total. The van der Waals surface area contributed by atoms with Gasteiger partial charge in [-0.2, -0.15) is 8.42 Å². The minimum absolute atomic E-state index is 0.132. The van der Waals surface area contributed by atoms with Crippen molar-refractivity contribution in [3.05, 3.63) is 59.6 Å². The van der Waals surface area contributed by atoms with Crippen LogP contribution in [0.2, 0.25) is 5.02 Å². The van der Waals surface area contributed by atoms with E-state index in [0.717, 1.165) is 0 Å². The predicted octanol–water partition coefficient (Wildman–Crippen LogP) is 2.41. The normalized spacial score (nSPS) is 11.2. The minimum Gasteiger partial charge on any atom is -0.233 e. The highest BCUT2D eigenvalue weighted by Gasteiger charge is 2.21. The molecule has 2 rings (SSSR count). The summed E-state index contributed by atoms with van der Waals surface area (Å²) in [5, 5.41) is 0.422. The van der Waals surface area contributed by atoms with Gasteiger partial charge in [-0.25, -0.2) is 10.3 Å². The van der Waals surface area contributed by atoms with Crippen molar-refractivity contribution in [1.29, 1.82) is 0 Å². The maximum Gasteiger partial charge on any atom is 0.277 e. The van der Waals surface area contributed by atoms with E-state index in [1.54, 1.807) is 36.4 Å². The first kappa shape index (κ1) is 12.9. The minimum atomic E-state index is -3.76. The molecule has 0 unspecified atom stereocenters. The van der Waals surface area contributed by atoms with Gasteiger partial charge in [0, 0.05) is 5.02 Å². The zero-order valence-corrected chi connectivity index (χ0v) is 10.9. The van der Waals surface area contributed by atoms with E-state index < -0.39 is 10.0 Å². The molecule has 0 saturated heterocycles. The average Bonchev–Trinajstić information content (AvgIpc) is 2.39. The van der Waals surface area contributed by atoms with Crippen molar-refractivity contribution in [1.82, 2.24) is 0 Å². The van der Waals surface area contributed by atoms with Crippen LogP contribution in [-0.2, 0) is 10.0 Å². The van der Waals surface area contributed by atoms with E-state index in [1.165, 1.54) is 18.2 Å². The van der Waals surface area contributed by atoms with Crippen molar-refractivity contribution in [2.75, 3.05) is 4.41 Å². The Bertz CT molecular complexity index is 644. The van der Waals surface area contributed by atoms with Gasteiger partial charge in [-0.1, -0.05) is 35.9 Å². The second-order valence-corrected chi connectivity index (χ2v) is 5.85. The summed E-state index contributed by atoms with van der Waals surface area (Å²) in [6.07, 6.45) is 0. The molecule has 6 heteroatoms. The number of sulfonamides is 1. The molecule has 94 valence electrons. The van der Waals surface area contributed by atoms with Gasteiger partial charge in [-0.15, -0.1) is 0 Å². The highest BCUT2D eigenvalue weighted by atomic mass is 35.5. The fourth-order valence-corrected chi connectivity index (χ4v) is 2.76. The van der Waals surface area contributed by atoms with Gasteiger partial charge >= 0.3 is 0 Å². The molecule has 0 spiro atoms. The third kappa shape index (κ3) is 2.48. The lowest BCUT2D eigenvalue weighted by molar-refractivity contribution is 0.592. The van der Waals surface area contributed by atoms with E-state index >= 15 is 0 Å². The lowest BCUT2D eigenvalue weighted by Gasteiger charge is -2.18. The van der Waals surface area contributed by atoms with Gasteiger partial charge < -0.3 is 0 Å². The number of hydrogen-bond acceptors (Lipinski definition) is 3. The van der Waals surface area contributed by atoms with E-state index in [0.29, 0.717) is 15.1 Å². The van der Waals surface area contributed by atoms with Crippen LogP contribution < -0.4 is 10.3 Å². The number of nitrogens with two attached hydrogens (primary N) is 1. The monoisotopic (exact) mass is 282 g/mol. The summed E-state index contributed by atoms with van der Waals surface area (Å²) in [7, 11) is -3.76. The van der Waals surface area contributed by atoms with Crippen LogP contribution >= 0.6 is 11.6 Å². The predicted molar refractivity (Wildman–Crippen MR) is 71.7 cm³/mol. The van der Waals surface area contributed by atoms with Crippen LogP contribution in [0.15, 0.2) is 59.5 Å². The number of hydrazine groups is 1. The van der Waals surface area contributed by atoms with Gasteiger partial charge in [0.2, 0.25) is 0 Å². The van der Waals surface area contributed by atoms with Gasteiger partial charge in [-0.3, -0.25) is 0 Å². The molecule has 0 aliphatic carbocycles. The fourth-order valence-electron chi connectivity index (χ4n) is 1.46. The van der Waals surface area contributed by atoms with Crippen LogP contribution in [0.4, 0.5) is 5.69 Å². The van der Waals surface area contributed by atoms with Crippen LogP contribution in [0, 0.1) is 0 Å². The lowest BCUT2D eigenvalue weighted by Crippen LogP contribution is -2.37. The molecule has 4 nitrogen and oxygen atoms in total. The molecule has 0 radical (unpaired) electrons. The van der Waals surface area contributed by atoms with Gasteiger partial charge in [-0.05, 0) is 30.3 Å². The molecule has 0 heterocycles. The third-order valence-electron chi connectivity index (χ3n) is 2.36. The van der Waals surface area contributed by atoms with Crippen LogP contribution in [-0.4, -0.2) is 8.42 Å². The Labute approximate surface area is 111 Å². The van der Waals surface area contributed by atoms with Gasteiger partial charge in [0.1, 0.15) is 0 Å². The number of rotatable bonds is 3. The Morgan fingerprint density at radius 3 is 2.28 bits per heavy atom. The average molecular weight is 283 g/mol. The van der Waals surface area contributed by atoms with E-state index in [1.807, 2.05) is 0 Å². The Balaban J connectivity index is 2.43. The summed E-state index contributed by atoms with van der Waals surface area (Å²) < 4.78 is 25.1. The number of halogens is 1. The van der Waals surface area contributed by atoms with Crippen LogP contribution in [0.1, 0.15) is 0 Å². The highest BCUT2D eigenvalue weighted by Crippen LogP contribution is 2.22.